The summed E-state index contributed by atoms with van der Waals surface area (Å²) in [5, 5.41) is 18.1. The van der Waals surface area contributed by atoms with Crippen molar-refractivity contribution in [1.82, 2.24) is 14.8 Å². The maximum Gasteiger partial charge on any atom is 0.313 e. The molecule has 0 spiro atoms. The molecule has 0 aliphatic heterocycles. The smallest absolute Gasteiger partial charge is 0.313 e. The number of carboxylic acid groups (broad SMARTS) is 1. The van der Waals surface area contributed by atoms with Crippen molar-refractivity contribution in [2.24, 2.45) is 0 Å². The Labute approximate surface area is 134 Å². The molecule has 118 valence electrons. The number of aromatic nitrogens is 3. The summed E-state index contributed by atoms with van der Waals surface area (Å²) in [6, 6.07) is 0. The van der Waals surface area contributed by atoms with Crippen LogP contribution < -0.4 is 0 Å². The van der Waals surface area contributed by atoms with Crippen molar-refractivity contribution in [2.45, 2.75) is 61.9 Å². The van der Waals surface area contributed by atoms with Crippen molar-refractivity contribution in [2.75, 3.05) is 12.0 Å². The largest absolute Gasteiger partial charge is 0.481 e. The predicted molar refractivity (Wildman–Crippen MR) is 87.1 cm³/mol. The molecule has 1 N–H and O–H groups in total. The van der Waals surface area contributed by atoms with Crippen molar-refractivity contribution in [3.05, 3.63) is 5.82 Å². The van der Waals surface area contributed by atoms with E-state index in [-0.39, 0.29) is 10.5 Å². The zero-order chi connectivity index (χ0) is 15.3. The Morgan fingerprint density at radius 2 is 2.10 bits per heavy atom. The van der Waals surface area contributed by atoms with E-state index in [0.717, 1.165) is 30.4 Å². The Morgan fingerprint density at radius 3 is 2.67 bits per heavy atom. The van der Waals surface area contributed by atoms with Crippen LogP contribution in [0.1, 0.15) is 44.9 Å². The third kappa shape index (κ3) is 4.16. The highest BCUT2D eigenvalue weighted by atomic mass is 32.2. The Hall–Kier alpha value is -0.690. The molecule has 1 aromatic heterocycles. The minimum atomic E-state index is -0.813. The molecule has 0 saturated heterocycles. The van der Waals surface area contributed by atoms with Gasteiger partial charge in [0.15, 0.2) is 5.16 Å². The first-order valence-electron chi connectivity index (χ1n) is 7.42. The van der Waals surface area contributed by atoms with E-state index in [9.17, 15) is 4.79 Å². The van der Waals surface area contributed by atoms with Gasteiger partial charge in [-0.1, -0.05) is 31.5 Å². The summed E-state index contributed by atoms with van der Waals surface area (Å²) in [5.74, 6) is 0.217. The highest BCUT2D eigenvalue weighted by Crippen LogP contribution is 2.42. The second kappa shape index (κ2) is 7.54. The maximum absolute atomic E-state index is 10.8. The fraction of sp³-hybridized carbons (Fsp3) is 0.786. The van der Waals surface area contributed by atoms with E-state index in [1.165, 1.54) is 37.4 Å². The zero-order valence-electron chi connectivity index (χ0n) is 12.7. The molecule has 5 nitrogen and oxygen atoms in total. The Morgan fingerprint density at radius 1 is 1.38 bits per heavy atom. The van der Waals surface area contributed by atoms with Gasteiger partial charge in [0.1, 0.15) is 5.82 Å². The minimum absolute atomic E-state index is 0.0382. The van der Waals surface area contributed by atoms with E-state index in [0.29, 0.717) is 0 Å². The van der Waals surface area contributed by atoms with Crippen LogP contribution in [0.25, 0.3) is 0 Å². The molecule has 7 heteroatoms. The lowest BCUT2D eigenvalue weighted by molar-refractivity contribution is -0.133. The highest BCUT2D eigenvalue weighted by Gasteiger charge is 2.34. The molecule has 0 unspecified atom stereocenters. The van der Waals surface area contributed by atoms with Crippen LogP contribution in [0.3, 0.4) is 0 Å². The predicted octanol–water partition coefficient (Wildman–Crippen LogP) is 3.08. The molecule has 0 radical (unpaired) electrons. The molecule has 2 rings (SSSR count). The Balaban J connectivity index is 2.21. The summed E-state index contributed by atoms with van der Waals surface area (Å²) in [7, 11) is 0. The van der Waals surface area contributed by atoms with Gasteiger partial charge >= 0.3 is 5.97 Å². The second-order valence-electron chi connectivity index (χ2n) is 5.51. The van der Waals surface area contributed by atoms with Crippen LogP contribution in [-0.2, 0) is 17.8 Å². The number of rotatable bonds is 8. The molecule has 1 aliphatic carbocycles. The molecule has 1 aliphatic rings. The summed E-state index contributed by atoms with van der Waals surface area (Å²) in [6.07, 6.45) is 9.10. The molecule has 0 atom stereocenters. The normalized spacial score (nSPS) is 17.2. The van der Waals surface area contributed by atoms with Crippen LogP contribution in [-0.4, -0.2) is 42.6 Å². The number of carbonyl (C=O) groups is 1. The van der Waals surface area contributed by atoms with Gasteiger partial charge in [0, 0.05) is 17.7 Å². The van der Waals surface area contributed by atoms with Crippen LogP contribution in [0.4, 0.5) is 0 Å². The Kier molecular flexibility index (Phi) is 5.98. The molecule has 1 aromatic rings. The van der Waals surface area contributed by atoms with Gasteiger partial charge in [-0.25, -0.2) is 0 Å². The number of aliphatic carboxylic acids is 1. The van der Waals surface area contributed by atoms with Gasteiger partial charge in [-0.2, -0.15) is 11.8 Å². The number of thioether (sulfide) groups is 2. The molecule has 1 fully saturated rings. The molecule has 1 heterocycles. The highest BCUT2D eigenvalue weighted by molar-refractivity contribution is 8.00. The zero-order valence-corrected chi connectivity index (χ0v) is 14.3. The average molecular weight is 329 g/mol. The lowest BCUT2D eigenvalue weighted by Crippen LogP contribution is -2.28. The standard InChI is InChI=1S/C14H23N3O2S2/c1-3-6-11-15-16-13(21-9-12(18)19)17(11)10-14(20-2)7-4-5-8-14/h3-10H2,1-2H3,(H,18,19). The van der Waals surface area contributed by atoms with Crippen LogP contribution in [0.15, 0.2) is 5.16 Å². The molecule has 1 saturated carbocycles. The average Bonchev–Trinajstić information content (AvgIpc) is 3.07. The van der Waals surface area contributed by atoms with Crippen LogP contribution >= 0.6 is 23.5 Å². The number of hydrogen-bond donors (Lipinski definition) is 1. The van der Waals surface area contributed by atoms with Gasteiger partial charge < -0.3 is 9.67 Å². The summed E-state index contributed by atoms with van der Waals surface area (Å²) in [4.78, 5) is 10.8. The molecule has 0 bridgehead atoms. The number of aryl methyl sites for hydroxylation is 1. The number of carboxylic acids is 1. The third-order valence-corrected chi connectivity index (χ3v) is 6.34. The van der Waals surface area contributed by atoms with Crippen molar-refractivity contribution < 1.29 is 9.90 Å². The fourth-order valence-corrected chi connectivity index (χ4v) is 4.49. The SMILES string of the molecule is CCCc1nnc(SCC(=O)O)n1CC1(SC)CCCC1. The van der Waals surface area contributed by atoms with E-state index >= 15 is 0 Å². The first-order valence-corrected chi connectivity index (χ1v) is 9.63. The van der Waals surface area contributed by atoms with E-state index in [1.54, 1.807) is 0 Å². The molecule has 21 heavy (non-hydrogen) atoms. The second-order valence-corrected chi connectivity index (χ2v) is 7.73. The van der Waals surface area contributed by atoms with Crippen LogP contribution in [0.5, 0.6) is 0 Å². The van der Waals surface area contributed by atoms with E-state index < -0.39 is 5.97 Å². The van der Waals surface area contributed by atoms with E-state index in [2.05, 4.69) is 27.9 Å². The van der Waals surface area contributed by atoms with Gasteiger partial charge in [-0.15, -0.1) is 10.2 Å². The summed E-state index contributed by atoms with van der Waals surface area (Å²) < 4.78 is 2.43. The molecule has 0 aromatic carbocycles. The minimum Gasteiger partial charge on any atom is -0.481 e. The van der Waals surface area contributed by atoms with Gasteiger partial charge in [-0.05, 0) is 25.5 Å². The number of nitrogens with zero attached hydrogens (tertiary/aromatic N) is 3. The first kappa shape index (κ1) is 16.7. The lowest BCUT2D eigenvalue weighted by Gasteiger charge is -2.28. The number of hydrogen-bond acceptors (Lipinski definition) is 5. The van der Waals surface area contributed by atoms with Gasteiger partial charge in [-0.3, -0.25) is 4.79 Å². The van der Waals surface area contributed by atoms with Gasteiger partial charge in [0.05, 0.1) is 5.75 Å². The first-order chi connectivity index (χ1) is 10.1. The van der Waals surface area contributed by atoms with Gasteiger partial charge in [0.25, 0.3) is 0 Å². The lowest BCUT2D eigenvalue weighted by atomic mass is 10.1. The van der Waals surface area contributed by atoms with Crippen molar-refractivity contribution in [3.63, 3.8) is 0 Å². The van der Waals surface area contributed by atoms with Crippen molar-refractivity contribution >= 4 is 29.5 Å². The monoisotopic (exact) mass is 329 g/mol. The molecular formula is C14H23N3O2S2. The summed E-state index contributed by atoms with van der Waals surface area (Å²) in [6.45, 7) is 3.03. The molecular weight excluding hydrogens is 306 g/mol. The Bertz CT molecular complexity index is 485. The van der Waals surface area contributed by atoms with Crippen LogP contribution in [0, 0.1) is 0 Å². The summed E-state index contributed by atoms with van der Waals surface area (Å²) in [5.41, 5.74) is 0. The van der Waals surface area contributed by atoms with Gasteiger partial charge in [0.2, 0.25) is 0 Å². The molecule has 0 amide bonds. The summed E-state index contributed by atoms with van der Waals surface area (Å²) >= 11 is 3.21. The third-order valence-electron chi connectivity index (χ3n) is 3.99. The van der Waals surface area contributed by atoms with Crippen molar-refractivity contribution in [3.8, 4) is 0 Å². The van der Waals surface area contributed by atoms with Crippen molar-refractivity contribution in [1.29, 1.82) is 0 Å². The van der Waals surface area contributed by atoms with Crippen LogP contribution in [0.2, 0.25) is 0 Å². The quantitative estimate of drug-likeness (QED) is 0.739. The van der Waals surface area contributed by atoms with E-state index in [4.69, 9.17) is 5.11 Å². The maximum atomic E-state index is 10.8. The van der Waals surface area contributed by atoms with E-state index in [1.807, 2.05) is 11.8 Å². The fourth-order valence-electron chi connectivity index (χ4n) is 2.85. The topological polar surface area (TPSA) is 68.0 Å².